The number of pyridine rings is 1. The molecule has 4 nitrogen and oxygen atoms in total. The molecule has 2 aromatic heterocycles. The number of aromatic nitrogens is 3. The fourth-order valence-electron chi connectivity index (χ4n) is 8.52. The van der Waals surface area contributed by atoms with E-state index in [2.05, 4.69) is 40.7 Å². The van der Waals surface area contributed by atoms with Crippen LogP contribution < -0.4 is 0 Å². The summed E-state index contributed by atoms with van der Waals surface area (Å²) in [5.74, 6) is -1.27. The van der Waals surface area contributed by atoms with E-state index in [0.29, 0.717) is 44.8 Å². The SMILES string of the molecule is [2H]c1c([2H])c(C(C([2H])([2H])[2H])(C([2H])([2H])[2H])C([2H])([2H])[2H])c([2H])c([2H])c1-c1ccnc(-c2[c-]c(-c3cccc4c3nc(-c3cc(C(C)C)cc(C(C)C)c3O)n4-c3ccc(-c4c(C([2H])(C)C)cccc4C([2H])(C)C)cc3)cc(C(C)(C)C)c2)c1.[Pt]. The summed E-state index contributed by atoms with van der Waals surface area (Å²) < 4.78 is 131. The summed E-state index contributed by atoms with van der Waals surface area (Å²) in [4.78, 5) is 10.2. The summed E-state index contributed by atoms with van der Waals surface area (Å²) in [7, 11) is 0. The van der Waals surface area contributed by atoms with Crippen LogP contribution >= 0.6 is 0 Å². The van der Waals surface area contributed by atoms with Crippen molar-refractivity contribution in [2.24, 2.45) is 0 Å². The van der Waals surface area contributed by atoms with Crippen LogP contribution in [-0.4, -0.2) is 19.6 Å². The van der Waals surface area contributed by atoms with Gasteiger partial charge in [-0.25, -0.2) is 4.98 Å². The summed E-state index contributed by atoms with van der Waals surface area (Å²) in [6, 6.07) is 30.3. The van der Waals surface area contributed by atoms with Gasteiger partial charge in [0, 0.05) is 53.7 Å². The number of para-hydroxylation sites is 1. The number of aromatic hydroxyl groups is 1. The molecule has 0 fully saturated rings. The van der Waals surface area contributed by atoms with E-state index in [4.69, 9.17) is 30.5 Å². The van der Waals surface area contributed by atoms with Crippen LogP contribution in [0.3, 0.4) is 0 Å². The third kappa shape index (κ3) is 9.89. The molecule has 348 valence electrons. The number of nitrogens with zero attached hydrogens (tertiary/aromatic N) is 3. The van der Waals surface area contributed by atoms with Crippen LogP contribution in [0.5, 0.6) is 5.75 Å². The molecule has 2 heterocycles. The molecular formula is C62H68N3OPt-. The van der Waals surface area contributed by atoms with Crippen molar-refractivity contribution in [1.29, 1.82) is 0 Å². The van der Waals surface area contributed by atoms with E-state index in [0.717, 1.165) is 44.6 Å². The number of phenols is 1. The normalized spacial score (nSPS) is 16.3. The van der Waals surface area contributed by atoms with Gasteiger partial charge in [-0.1, -0.05) is 187 Å². The molecule has 0 radical (unpaired) electrons. The van der Waals surface area contributed by atoms with Gasteiger partial charge < -0.3 is 5.11 Å². The second kappa shape index (κ2) is 19.2. The van der Waals surface area contributed by atoms with E-state index in [1.165, 1.54) is 18.3 Å². The number of rotatable bonds is 10. The van der Waals surface area contributed by atoms with Gasteiger partial charge in [-0.3, -0.25) is 9.55 Å². The molecule has 0 aliphatic heterocycles. The maximum atomic E-state index is 12.3. The van der Waals surface area contributed by atoms with Gasteiger partial charge in [-0.05, 0) is 115 Å². The first-order valence-corrected chi connectivity index (χ1v) is 22.5. The molecule has 67 heavy (non-hydrogen) atoms. The average molecular weight is 1080 g/mol. The topological polar surface area (TPSA) is 50.9 Å². The monoisotopic (exact) mass is 1080 g/mol. The first kappa shape index (κ1) is 33.0. The largest absolute Gasteiger partial charge is 0.507 e. The Morgan fingerprint density at radius 2 is 1.28 bits per heavy atom. The van der Waals surface area contributed by atoms with E-state index < -0.39 is 72.9 Å². The van der Waals surface area contributed by atoms with Crippen molar-refractivity contribution in [2.45, 2.75) is 131 Å². The van der Waals surface area contributed by atoms with Crippen molar-refractivity contribution in [1.82, 2.24) is 14.5 Å². The van der Waals surface area contributed by atoms with Gasteiger partial charge in [-0.2, -0.15) is 0 Å². The molecule has 6 aromatic carbocycles. The average Bonchev–Trinajstić information content (AvgIpc) is 1.04. The van der Waals surface area contributed by atoms with E-state index in [9.17, 15) is 5.11 Å². The molecule has 8 aromatic rings. The Labute approximate surface area is 436 Å². The van der Waals surface area contributed by atoms with Crippen molar-refractivity contribution in [3.63, 3.8) is 0 Å². The minimum absolute atomic E-state index is 0. The van der Waals surface area contributed by atoms with E-state index >= 15 is 0 Å². The molecule has 0 bridgehead atoms. The first-order chi connectivity index (χ1) is 37.2. The number of hydrogen-bond donors (Lipinski definition) is 1. The molecular weight excluding hydrogens is 998 g/mol. The molecule has 0 aliphatic rings. The Morgan fingerprint density at radius 3 is 1.88 bits per heavy atom. The zero-order valence-corrected chi connectivity index (χ0v) is 42.3. The Balaban J connectivity index is 0.00000968. The predicted molar refractivity (Wildman–Crippen MR) is 280 cm³/mol. The Kier molecular flexibility index (Phi) is 9.46. The molecule has 5 heteroatoms. The minimum atomic E-state index is -3.82. The second-order valence-electron chi connectivity index (χ2n) is 19.4. The molecule has 0 aliphatic carbocycles. The molecule has 1 N–H and O–H groups in total. The molecule has 0 amide bonds. The number of phenolic OH excluding ortho intramolecular Hbond substituents is 1. The Morgan fingerprint density at radius 1 is 0.642 bits per heavy atom. The zero-order valence-electron chi connectivity index (χ0n) is 55.1. The maximum absolute atomic E-state index is 12.3. The van der Waals surface area contributed by atoms with Crippen LogP contribution in [0.15, 0.2) is 127 Å². The smallest absolute Gasteiger partial charge is 0.148 e. The molecule has 0 saturated carbocycles. The van der Waals surface area contributed by atoms with E-state index in [1.807, 2.05) is 131 Å². The summed E-state index contributed by atoms with van der Waals surface area (Å²) in [6.07, 6.45) is 1.41. The van der Waals surface area contributed by atoms with Crippen molar-refractivity contribution in [3.05, 3.63) is 167 Å². The van der Waals surface area contributed by atoms with Gasteiger partial charge in [0.15, 0.2) is 0 Å². The molecule has 0 unspecified atom stereocenters. The molecule has 0 atom stereocenters. The fourth-order valence-corrected chi connectivity index (χ4v) is 8.52. The van der Waals surface area contributed by atoms with Crippen LogP contribution in [0.1, 0.15) is 174 Å². The molecule has 0 spiro atoms. The van der Waals surface area contributed by atoms with Crippen molar-refractivity contribution >= 4 is 11.0 Å². The van der Waals surface area contributed by atoms with Crippen LogP contribution in [0.4, 0.5) is 0 Å². The predicted octanol–water partition coefficient (Wildman–Crippen LogP) is 17.3. The summed E-state index contributed by atoms with van der Waals surface area (Å²) in [5, 5.41) is 12.3. The molecule has 0 saturated heterocycles. The zero-order chi connectivity index (χ0) is 60.2. The summed E-state index contributed by atoms with van der Waals surface area (Å²) >= 11 is 0. The van der Waals surface area contributed by atoms with Gasteiger partial charge in [0.25, 0.3) is 0 Å². The second-order valence-corrected chi connectivity index (χ2v) is 19.4. The van der Waals surface area contributed by atoms with Crippen LogP contribution in [0.25, 0.3) is 72.7 Å². The number of fused-ring (bicyclic) bond motifs is 1. The quantitative estimate of drug-likeness (QED) is 0.139. The van der Waals surface area contributed by atoms with Crippen molar-refractivity contribution in [3.8, 4) is 67.5 Å². The number of hydrogen-bond acceptors (Lipinski definition) is 3. The van der Waals surface area contributed by atoms with Crippen LogP contribution in [0.2, 0.25) is 0 Å². The Hall–Kier alpha value is -5.57. The molecule has 8 rings (SSSR count). The van der Waals surface area contributed by atoms with Gasteiger partial charge in [0.05, 0.1) is 22.1 Å². The maximum Gasteiger partial charge on any atom is 0.148 e. The first-order valence-electron chi connectivity index (χ1n) is 30.0. The number of imidazole rings is 1. The van der Waals surface area contributed by atoms with Crippen LogP contribution in [0, 0.1) is 6.07 Å². The summed E-state index contributed by atoms with van der Waals surface area (Å²) in [6.45, 7) is 10.3. The standard InChI is InChI=1S/C62H68N3O.Pt/c1-37(2)44-34-53(40(7)8)59(66)54(35-44)60-64-58-52(19-16-20-56(58)65(60)49-27-23-42(24-28-49)57-50(38(3)4)17-15-18-51(57)39(5)6)45-31-46(33-48(32-45)62(12,13)14)55-36-43(29-30-63-55)41-21-25-47(26-22-41)61(9,10)11;/h15-30,32-40,66H,1-14H3;/q-1;/i9D3,10D3,11D3,21D,22D,25D,26D,38D,39D;. The third-order valence-electron chi connectivity index (χ3n) is 12.3. The number of benzene rings is 6. The van der Waals surface area contributed by atoms with Gasteiger partial charge in [0.1, 0.15) is 11.6 Å². The Bertz CT molecular complexity index is 3650. The van der Waals surface area contributed by atoms with E-state index in [1.54, 1.807) is 0 Å². The van der Waals surface area contributed by atoms with Crippen LogP contribution in [-0.2, 0) is 31.9 Å². The van der Waals surface area contributed by atoms with Crippen molar-refractivity contribution in [2.75, 3.05) is 0 Å². The van der Waals surface area contributed by atoms with E-state index in [-0.39, 0.29) is 49.8 Å². The van der Waals surface area contributed by atoms with Gasteiger partial charge >= 0.3 is 0 Å². The third-order valence-corrected chi connectivity index (χ3v) is 12.3. The fraction of sp³-hybridized carbons (Fsp3) is 0.323. The van der Waals surface area contributed by atoms with Crippen molar-refractivity contribution < 1.29 is 46.7 Å². The minimum Gasteiger partial charge on any atom is -0.507 e. The van der Waals surface area contributed by atoms with Gasteiger partial charge in [-0.15, -0.1) is 29.3 Å². The van der Waals surface area contributed by atoms with Gasteiger partial charge in [0.2, 0.25) is 0 Å². The summed E-state index contributed by atoms with van der Waals surface area (Å²) in [5.41, 5.74) is 4.84.